The van der Waals surface area contributed by atoms with Crippen molar-refractivity contribution in [1.82, 2.24) is 9.21 Å². The minimum atomic E-state index is -3.60. The highest BCUT2D eigenvalue weighted by molar-refractivity contribution is 7.89. The summed E-state index contributed by atoms with van der Waals surface area (Å²) in [6, 6.07) is 19.6. The molecule has 0 aliphatic carbocycles. The van der Waals surface area contributed by atoms with Crippen molar-refractivity contribution in [3.63, 3.8) is 0 Å². The van der Waals surface area contributed by atoms with Crippen LogP contribution in [-0.2, 0) is 26.0 Å². The van der Waals surface area contributed by atoms with Gasteiger partial charge in [-0.15, -0.1) is 0 Å². The summed E-state index contributed by atoms with van der Waals surface area (Å²) in [4.78, 5) is 15.5. The summed E-state index contributed by atoms with van der Waals surface area (Å²) in [6.07, 6.45) is 0.738. The number of anilines is 1. The number of halogens is 1. The van der Waals surface area contributed by atoms with Crippen LogP contribution in [0.3, 0.4) is 0 Å². The van der Waals surface area contributed by atoms with Crippen molar-refractivity contribution in [3.05, 3.63) is 88.4 Å². The Bertz CT molecular complexity index is 1410. The third kappa shape index (κ3) is 5.37. The molecule has 1 fully saturated rings. The smallest absolute Gasteiger partial charge is 0.261 e. The topological polar surface area (TPSA) is 88.2 Å². The van der Waals surface area contributed by atoms with Crippen LogP contribution in [0.15, 0.2) is 71.6 Å². The van der Waals surface area contributed by atoms with Gasteiger partial charge < -0.3 is 19.7 Å². The SMILES string of the molecule is CNc1ccc(Cl)cc1[C@@H]1c2ccccc2CCN1C(=O)COc1ccc(S(=O)(=O)N2CCOCC2)cc1. The fourth-order valence-corrected chi connectivity index (χ4v) is 6.62. The summed E-state index contributed by atoms with van der Waals surface area (Å²) in [7, 11) is -1.75. The first-order valence-corrected chi connectivity index (χ1v) is 14.4. The molecule has 0 spiro atoms. The molecule has 200 valence electrons. The average molecular weight is 556 g/mol. The van der Waals surface area contributed by atoms with E-state index in [1.165, 1.54) is 22.0 Å². The van der Waals surface area contributed by atoms with E-state index in [0.29, 0.717) is 43.6 Å². The molecule has 0 saturated carbocycles. The molecule has 5 rings (SSSR count). The summed E-state index contributed by atoms with van der Waals surface area (Å²) < 4.78 is 38.2. The summed E-state index contributed by atoms with van der Waals surface area (Å²) in [5, 5.41) is 3.82. The molecule has 1 N–H and O–H groups in total. The molecule has 0 bridgehead atoms. The molecule has 8 nitrogen and oxygen atoms in total. The molecule has 3 aromatic carbocycles. The Balaban J connectivity index is 1.34. The van der Waals surface area contributed by atoms with E-state index in [-0.39, 0.29) is 23.5 Å². The van der Waals surface area contributed by atoms with Crippen molar-refractivity contribution in [2.45, 2.75) is 17.4 Å². The third-order valence-electron chi connectivity index (χ3n) is 6.98. The number of ether oxygens (including phenoxy) is 2. The zero-order valence-corrected chi connectivity index (χ0v) is 22.7. The number of amides is 1. The van der Waals surface area contributed by atoms with Crippen LogP contribution in [0, 0.1) is 0 Å². The second-order valence-electron chi connectivity index (χ2n) is 9.20. The fraction of sp³-hybridized carbons (Fsp3) is 0.321. The third-order valence-corrected chi connectivity index (χ3v) is 9.12. The maximum absolute atomic E-state index is 13.5. The second-order valence-corrected chi connectivity index (χ2v) is 11.6. The zero-order chi connectivity index (χ0) is 26.7. The number of rotatable bonds is 7. The number of benzene rings is 3. The van der Waals surface area contributed by atoms with Gasteiger partial charge in [-0.25, -0.2) is 8.42 Å². The summed E-state index contributed by atoms with van der Waals surface area (Å²) in [5.74, 6) is 0.253. The minimum absolute atomic E-state index is 0.170. The van der Waals surface area contributed by atoms with Gasteiger partial charge in [0.2, 0.25) is 10.0 Å². The van der Waals surface area contributed by atoms with Gasteiger partial charge in [0.05, 0.1) is 24.2 Å². The lowest BCUT2D eigenvalue weighted by atomic mass is 9.87. The van der Waals surface area contributed by atoms with Gasteiger partial charge in [0.1, 0.15) is 5.75 Å². The summed E-state index contributed by atoms with van der Waals surface area (Å²) in [6.45, 7) is 1.79. The van der Waals surface area contributed by atoms with Crippen molar-refractivity contribution in [3.8, 4) is 5.75 Å². The molecule has 0 unspecified atom stereocenters. The number of morpholine rings is 1. The lowest BCUT2D eigenvalue weighted by Gasteiger charge is -2.38. The minimum Gasteiger partial charge on any atom is -0.484 e. The number of nitrogens with zero attached hydrogens (tertiary/aromatic N) is 2. The number of nitrogens with one attached hydrogen (secondary N) is 1. The van der Waals surface area contributed by atoms with Gasteiger partial charge in [-0.05, 0) is 60.0 Å². The maximum atomic E-state index is 13.5. The number of sulfonamides is 1. The number of carbonyl (C=O) groups is 1. The molecule has 3 aromatic rings. The Hall–Kier alpha value is -3.11. The van der Waals surface area contributed by atoms with Gasteiger partial charge in [-0.3, -0.25) is 4.79 Å². The molecule has 0 aromatic heterocycles. The number of fused-ring (bicyclic) bond motifs is 1. The predicted octanol–water partition coefficient (Wildman–Crippen LogP) is 3.96. The quantitative estimate of drug-likeness (QED) is 0.475. The first kappa shape index (κ1) is 26.5. The standard InChI is InChI=1S/C28H30ClN3O5S/c1-30-26-11-6-21(29)18-25(26)28-24-5-3-2-4-20(24)12-13-32(28)27(33)19-37-22-7-9-23(10-8-22)38(34,35)31-14-16-36-17-15-31/h2-11,18,28,30H,12-17,19H2,1H3/t28-/m0/s1. The lowest BCUT2D eigenvalue weighted by molar-refractivity contribution is -0.135. The number of carbonyl (C=O) groups excluding carboxylic acids is 1. The molecule has 1 saturated heterocycles. The predicted molar refractivity (Wildman–Crippen MR) is 146 cm³/mol. The Morgan fingerprint density at radius 1 is 1.03 bits per heavy atom. The van der Waals surface area contributed by atoms with Crippen LogP contribution >= 0.6 is 11.6 Å². The monoisotopic (exact) mass is 555 g/mol. The molecule has 1 amide bonds. The normalized spacial score (nSPS) is 18.1. The molecule has 38 heavy (non-hydrogen) atoms. The van der Waals surface area contributed by atoms with Crippen molar-refractivity contribution in [1.29, 1.82) is 0 Å². The van der Waals surface area contributed by atoms with Crippen LogP contribution in [0.1, 0.15) is 22.7 Å². The van der Waals surface area contributed by atoms with Gasteiger partial charge in [-0.1, -0.05) is 35.9 Å². The van der Waals surface area contributed by atoms with Crippen molar-refractivity contribution in [2.24, 2.45) is 0 Å². The first-order chi connectivity index (χ1) is 18.4. The van der Waals surface area contributed by atoms with E-state index in [0.717, 1.165) is 23.2 Å². The zero-order valence-electron chi connectivity index (χ0n) is 21.1. The van der Waals surface area contributed by atoms with Gasteiger partial charge in [0.25, 0.3) is 5.91 Å². The molecule has 10 heteroatoms. The Morgan fingerprint density at radius 3 is 2.50 bits per heavy atom. The molecule has 1 atom stereocenters. The van der Waals surface area contributed by atoms with Gasteiger partial charge in [-0.2, -0.15) is 4.31 Å². The summed E-state index contributed by atoms with van der Waals surface area (Å²) >= 11 is 6.38. The number of hydrogen-bond donors (Lipinski definition) is 1. The van der Waals surface area contributed by atoms with Crippen LogP contribution in [-0.4, -0.2) is 70.0 Å². The van der Waals surface area contributed by atoms with E-state index in [1.807, 2.05) is 48.3 Å². The van der Waals surface area contributed by atoms with Crippen molar-refractivity contribution < 1.29 is 22.7 Å². The first-order valence-electron chi connectivity index (χ1n) is 12.5. The van der Waals surface area contributed by atoms with E-state index >= 15 is 0 Å². The van der Waals surface area contributed by atoms with E-state index in [2.05, 4.69) is 11.4 Å². The van der Waals surface area contributed by atoms with E-state index < -0.39 is 10.0 Å². The van der Waals surface area contributed by atoms with Gasteiger partial charge >= 0.3 is 0 Å². The van der Waals surface area contributed by atoms with E-state index in [9.17, 15) is 13.2 Å². The fourth-order valence-electron chi connectivity index (χ4n) is 5.03. The highest BCUT2D eigenvalue weighted by atomic mass is 35.5. The Kier molecular flexibility index (Phi) is 7.90. The maximum Gasteiger partial charge on any atom is 0.261 e. The van der Waals surface area contributed by atoms with Crippen LogP contribution in [0.25, 0.3) is 0 Å². The van der Waals surface area contributed by atoms with E-state index in [1.54, 1.807) is 12.1 Å². The van der Waals surface area contributed by atoms with Crippen molar-refractivity contribution >= 4 is 33.2 Å². The lowest BCUT2D eigenvalue weighted by Crippen LogP contribution is -2.43. The van der Waals surface area contributed by atoms with Crippen LogP contribution in [0.5, 0.6) is 5.75 Å². The van der Waals surface area contributed by atoms with Crippen LogP contribution < -0.4 is 10.1 Å². The molecular weight excluding hydrogens is 526 g/mol. The van der Waals surface area contributed by atoms with Crippen molar-refractivity contribution in [2.75, 3.05) is 51.8 Å². The molecule has 2 heterocycles. The van der Waals surface area contributed by atoms with Crippen LogP contribution in [0.2, 0.25) is 5.02 Å². The molecular formula is C28H30ClN3O5S. The van der Waals surface area contributed by atoms with Crippen LogP contribution in [0.4, 0.5) is 5.69 Å². The molecule has 2 aliphatic rings. The molecule has 2 aliphatic heterocycles. The summed E-state index contributed by atoms with van der Waals surface area (Å²) in [5.41, 5.74) is 4.06. The second kappa shape index (κ2) is 11.3. The highest BCUT2D eigenvalue weighted by Crippen LogP contribution is 2.39. The Labute approximate surface area is 228 Å². The average Bonchev–Trinajstić information content (AvgIpc) is 2.96. The van der Waals surface area contributed by atoms with E-state index in [4.69, 9.17) is 21.1 Å². The van der Waals surface area contributed by atoms with Gasteiger partial charge in [0.15, 0.2) is 6.61 Å². The highest BCUT2D eigenvalue weighted by Gasteiger charge is 2.33. The Morgan fingerprint density at radius 2 is 1.76 bits per heavy atom. The van der Waals surface area contributed by atoms with Gasteiger partial charge in [0, 0.05) is 43.0 Å². The molecule has 0 radical (unpaired) electrons. The number of hydrogen-bond acceptors (Lipinski definition) is 6. The largest absolute Gasteiger partial charge is 0.484 e.